The van der Waals surface area contributed by atoms with Crippen molar-refractivity contribution in [1.82, 2.24) is 4.98 Å². The predicted molar refractivity (Wildman–Crippen MR) is 55.7 cm³/mol. The van der Waals surface area contributed by atoms with Crippen LogP contribution in [0, 0.1) is 11.3 Å². The topological polar surface area (TPSA) is 63.0 Å². The quantitative estimate of drug-likeness (QED) is 0.621. The minimum atomic E-state index is -0.841. The Hall–Kier alpha value is -2.41. The largest absolute Gasteiger partial charge is 0.424 e. The number of ether oxygens (including phenoxy) is 1. The fourth-order valence-electron chi connectivity index (χ4n) is 1.86. The lowest BCUT2D eigenvalue weighted by molar-refractivity contribution is -0.132. The molecule has 1 unspecified atom stereocenters. The molecule has 2 heterocycles. The second-order valence-electron chi connectivity index (χ2n) is 3.54. The summed E-state index contributed by atoms with van der Waals surface area (Å²) in [5.41, 5.74) is 1.32. The molecule has 0 spiro atoms. The number of hydrogen-bond donors (Lipinski definition) is 0. The molecule has 4 heteroatoms. The van der Waals surface area contributed by atoms with Gasteiger partial charge in [0.2, 0.25) is 0 Å². The standard InChI is InChI=1S/C12H6N2O2/c13-5-8-9-6-14-10-4-2-1-3-7(10)11(9)16-12(8)15/h1-4,6,8H. The minimum absolute atomic E-state index is 0.474. The lowest BCUT2D eigenvalue weighted by Gasteiger charge is -2.01. The van der Waals surface area contributed by atoms with Crippen molar-refractivity contribution in [3.8, 4) is 11.8 Å². The molecule has 1 aromatic heterocycles. The van der Waals surface area contributed by atoms with Crippen LogP contribution < -0.4 is 4.74 Å². The molecule has 0 fully saturated rings. The summed E-state index contributed by atoms with van der Waals surface area (Å²) < 4.78 is 5.12. The van der Waals surface area contributed by atoms with E-state index in [0.29, 0.717) is 11.3 Å². The second kappa shape index (κ2) is 3.04. The van der Waals surface area contributed by atoms with Gasteiger partial charge in [-0.3, -0.25) is 4.98 Å². The molecule has 3 rings (SSSR count). The fraction of sp³-hybridized carbons (Fsp3) is 0.0833. The SMILES string of the molecule is N#CC1C(=O)Oc2c1cnc1ccccc21. The lowest BCUT2D eigenvalue weighted by atomic mass is 10.0. The number of nitriles is 1. The highest BCUT2D eigenvalue weighted by molar-refractivity contribution is 5.97. The van der Waals surface area contributed by atoms with Crippen LogP contribution in [0.4, 0.5) is 0 Å². The Bertz CT molecular complexity index is 643. The lowest BCUT2D eigenvalue weighted by Crippen LogP contribution is -2.07. The summed E-state index contributed by atoms with van der Waals surface area (Å²) in [7, 11) is 0. The van der Waals surface area contributed by atoms with Gasteiger partial charge < -0.3 is 4.74 Å². The smallest absolute Gasteiger partial charge is 0.333 e. The van der Waals surface area contributed by atoms with Gasteiger partial charge in [0, 0.05) is 17.1 Å². The normalized spacial score (nSPS) is 17.9. The van der Waals surface area contributed by atoms with Gasteiger partial charge in [0.1, 0.15) is 5.75 Å². The van der Waals surface area contributed by atoms with Crippen molar-refractivity contribution in [3.63, 3.8) is 0 Å². The van der Waals surface area contributed by atoms with Crippen LogP contribution in [0.25, 0.3) is 10.9 Å². The van der Waals surface area contributed by atoms with Gasteiger partial charge in [-0.1, -0.05) is 12.1 Å². The highest BCUT2D eigenvalue weighted by atomic mass is 16.5. The number of nitrogens with zero attached hydrogens (tertiary/aromatic N) is 2. The number of pyridine rings is 1. The van der Waals surface area contributed by atoms with Crippen LogP contribution in [0.3, 0.4) is 0 Å². The molecule has 0 aliphatic carbocycles. The third-order valence-corrected chi connectivity index (χ3v) is 2.63. The van der Waals surface area contributed by atoms with Crippen molar-refractivity contribution in [3.05, 3.63) is 36.0 Å². The van der Waals surface area contributed by atoms with Crippen molar-refractivity contribution in [2.45, 2.75) is 5.92 Å². The molecule has 1 aliphatic rings. The number of para-hydroxylation sites is 1. The Morgan fingerprint density at radius 3 is 3.00 bits per heavy atom. The molecule has 0 saturated carbocycles. The van der Waals surface area contributed by atoms with Crippen LogP contribution in [-0.4, -0.2) is 11.0 Å². The van der Waals surface area contributed by atoms with Crippen molar-refractivity contribution < 1.29 is 9.53 Å². The van der Waals surface area contributed by atoms with Crippen LogP contribution in [0.2, 0.25) is 0 Å². The average Bonchev–Trinajstić information content (AvgIpc) is 2.65. The molecule has 1 aliphatic heterocycles. The second-order valence-corrected chi connectivity index (χ2v) is 3.54. The Morgan fingerprint density at radius 1 is 1.38 bits per heavy atom. The Labute approximate surface area is 91.1 Å². The van der Waals surface area contributed by atoms with E-state index in [1.807, 2.05) is 30.3 Å². The van der Waals surface area contributed by atoms with Gasteiger partial charge in [-0.25, -0.2) is 4.79 Å². The maximum absolute atomic E-state index is 11.4. The first-order valence-corrected chi connectivity index (χ1v) is 4.80. The predicted octanol–water partition coefficient (Wildman–Crippen LogP) is 1.76. The molecule has 2 aromatic rings. The summed E-state index contributed by atoms with van der Waals surface area (Å²) in [5, 5.41) is 9.65. The van der Waals surface area contributed by atoms with Crippen LogP contribution in [0.1, 0.15) is 11.5 Å². The van der Waals surface area contributed by atoms with E-state index < -0.39 is 11.9 Å². The summed E-state index contributed by atoms with van der Waals surface area (Å²) in [6.45, 7) is 0. The van der Waals surface area contributed by atoms with Gasteiger partial charge in [-0.05, 0) is 12.1 Å². The first-order chi connectivity index (χ1) is 7.81. The van der Waals surface area contributed by atoms with E-state index in [2.05, 4.69) is 4.98 Å². The number of carbonyl (C=O) groups is 1. The molecular weight excluding hydrogens is 204 g/mol. The third-order valence-electron chi connectivity index (χ3n) is 2.63. The Kier molecular flexibility index (Phi) is 1.68. The maximum Gasteiger partial charge on any atom is 0.333 e. The molecule has 0 saturated heterocycles. The van der Waals surface area contributed by atoms with Crippen LogP contribution in [0.15, 0.2) is 30.5 Å². The van der Waals surface area contributed by atoms with Gasteiger partial charge in [0.25, 0.3) is 0 Å². The van der Waals surface area contributed by atoms with E-state index in [4.69, 9.17) is 10.00 Å². The first kappa shape index (κ1) is 8.86. The molecule has 0 N–H and O–H groups in total. The number of benzene rings is 1. The number of carbonyl (C=O) groups excluding carboxylic acids is 1. The highest BCUT2D eigenvalue weighted by Gasteiger charge is 2.34. The third kappa shape index (κ3) is 1.03. The number of rotatable bonds is 0. The van der Waals surface area contributed by atoms with E-state index in [-0.39, 0.29) is 0 Å². The summed E-state index contributed by atoms with van der Waals surface area (Å²) >= 11 is 0. The zero-order valence-electron chi connectivity index (χ0n) is 8.18. The zero-order valence-corrected chi connectivity index (χ0v) is 8.18. The zero-order chi connectivity index (χ0) is 11.1. The van der Waals surface area contributed by atoms with Gasteiger partial charge in [0.15, 0.2) is 5.92 Å². The molecule has 0 amide bonds. The molecule has 76 valence electrons. The molecule has 0 bridgehead atoms. The van der Waals surface area contributed by atoms with E-state index in [1.54, 1.807) is 0 Å². The summed E-state index contributed by atoms with van der Waals surface area (Å²) in [6.07, 6.45) is 1.54. The molecule has 1 aromatic carbocycles. The highest BCUT2D eigenvalue weighted by Crippen LogP contribution is 2.38. The van der Waals surface area contributed by atoms with Crippen molar-refractivity contribution in [1.29, 1.82) is 5.26 Å². The van der Waals surface area contributed by atoms with Crippen LogP contribution in [-0.2, 0) is 4.79 Å². The molecule has 16 heavy (non-hydrogen) atoms. The van der Waals surface area contributed by atoms with Gasteiger partial charge in [-0.15, -0.1) is 0 Å². The molecule has 4 nitrogen and oxygen atoms in total. The van der Waals surface area contributed by atoms with E-state index in [1.165, 1.54) is 6.20 Å². The van der Waals surface area contributed by atoms with Crippen molar-refractivity contribution in [2.24, 2.45) is 0 Å². The van der Waals surface area contributed by atoms with Crippen LogP contribution in [0.5, 0.6) is 5.75 Å². The Morgan fingerprint density at radius 2 is 2.19 bits per heavy atom. The van der Waals surface area contributed by atoms with Gasteiger partial charge >= 0.3 is 5.97 Å². The van der Waals surface area contributed by atoms with Crippen molar-refractivity contribution >= 4 is 16.9 Å². The maximum atomic E-state index is 11.4. The number of hydrogen-bond acceptors (Lipinski definition) is 4. The number of fused-ring (bicyclic) bond motifs is 3. The number of esters is 1. The van der Waals surface area contributed by atoms with E-state index in [9.17, 15) is 4.79 Å². The fourth-order valence-corrected chi connectivity index (χ4v) is 1.86. The van der Waals surface area contributed by atoms with Gasteiger partial charge in [-0.2, -0.15) is 5.26 Å². The number of aromatic nitrogens is 1. The molecular formula is C12H6N2O2. The van der Waals surface area contributed by atoms with E-state index in [0.717, 1.165) is 10.9 Å². The van der Waals surface area contributed by atoms with E-state index >= 15 is 0 Å². The Balaban J connectivity index is 2.36. The molecule has 0 radical (unpaired) electrons. The van der Waals surface area contributed by atoms with Crippen molar-refractivity contribution in [2.75, 3.05) is 0 Å². The van der Waals surface area contributed by atoms with Crippen LogP contribution >= 0.6 is 0 Å². The first-order valence-electron chi connectivity index (χ1n) is 4.80. The monoisotopic (exact) mass is 210 g/mol. The summed E-state index contributed by atoms with van der Waals surface area (Å²) in [6, 6.07) is 9.29. The van der Waals surface area contributed by atoms with Gasteiger partial charge in [0.05, 0.1) is 11.6 Å². The minimum Gasteiger partial charge on any atom is -0.424 e. The molecule has 1 atom stereocenters. The average molecular weight is 210 g/mol. The summed E-state index contributed by atoms with van der Waals surface area (Å²) in [4.78, 5) is 15.6. The summed E-state index contributed by atoms with van der Waals surface area (Å²) in [5.74, 6) is -0.884.